The van der Waals surface area contributed by atoms with Crippen LogP contribution in [0.2, 0.25) is 0 Å². The largest absolute Gasteiger partial charge is 0.454 e. The average molecular weight is 372 g/mol. The van der Waals surface area contributed by atoms with E-state index < -0.39 is 10.0 Å². The molecule has 0 saturated carbocycles. The van der Waals surface area contributed by atoms with Crippen molar-refractivity contribution >= 4 is 21.4 Å². The topological polar surface area (TPSA) is 59.1 Å². The summed E-state index contributed by atoms with van der Waals surface area (Å²) in [6, 6.07) is 11.0. The molecule has 1 saturated heterocycles. The lowest BCUT2D eigenvalue weighted by Crippen LogP contribution is -2.29. The summed E-state index contributed by atoms with van der Waals surface area (Å²) < 4.78 is 38.6. The molecule has 3 heterocycles. The zero-order chi connectivity index (χ0) is 17.7. The fraction of sp³-hybridized carbons (Fsp3) is 0.368. The maximum atomic E-state index is 13.2. The number of fused-ring (bicyclic) bond motifs is 2. The van der Waals surface area contributed by atoms with Crippen molar-refractivity contribution in [2.24, 2.45) is 0 Å². The van der Waals surface area contributed by atoms with Gasteiger partial charge in [-0.1, -0.05) is 6.07 Å². The number of hydrogen-bond donors (Lipinski definition) is 0. The van der Waals surface area contributed by atoms with Crippen molar-refractivity contribution in [3.8, 4) is 11.5 Å². The first kappa shape index (κ1) is 15.8. The van der Waals surface area contributed by atoms with Gasteiger partial charge in [0.25, 0.3) is 10.0 Å². The second kappa shape index (κ2) is 5.81. The van der Waals surface area contributed by atoms with Gasteiger partial charge in [0.2, 0.25) is 6.79 Å². The zero-order valence-corrected chi connectivity index (χ0v) is 15.2. The molecule has 0 aliphatic carbocycles. The first-order valence-electron chi connectivity index (χ1n) is 8.93. The van der Waals surface area contributed by atoms with Gasteiger partial charge in [0.05, 0.1) is 10.6 Å². The Labute approximate surface area is 153 Å². The van der Waals surface area contributed by atoms with Crippen LogP contribution in [-0.2, 0) is 16.4 Å². The van der Waals surface area contributed by atoms with Gasteiger partial charge in [-0.3, -0.25) is 4.31 Å². The van der Waals surface area contributed by atoms with E-state index in [1.165, 1.54) is 17.1 Å². The van der Waals surface area contributed by atoms with Crippen molar-refractivity contribution in [1.82, 2.24) is 0 Å². The van der Waals surface area contributed by atoms with Gasteiger partial charge in [0.15, 0.2) is 11.5 Å². The van der Waals surface area contributed by atoms with Crippen molar-refractivity contribution < 1.29 is 17.9 Å². The monoisotopic (exact) mass is 372 g/mol. The summed E-state index contributed by atoms with van der Waals surface area (Å²) in [6.07, 6.45) is 3.12. The third-order valence-corrected chi connectivity index (χ3v) is 7.13. The van der Waals surface area contributed by atoms with Gasteiger partial charge >= 0.3 is 0 Å². The Balaban J connectivity index is 1.52. The Bertz CT molecular complexity index is 967. The number of hydrogen-bond acceptors (Lipinski definition) is 5. The summed E-state index contributed by atoms with van der Waals surface area (Å²) in [7, 11) is -3.63. The van der Waals surface area contributed by atoms with E-state index in [1.54, 1.807) is 18.2 Å². The molecule has 3 aliphatic heterocycles. The molecule has 0 bridgehead atoms. The minimum atomic E-state index is -3.63. The molecule has 7 heteroatoms. The molecule has 1 fully saturated rings. The van der Waals surface area contributed by atoms with Crippen LogP contribution >= 0.6 is 0 Å². The van der Waals surface area contributed by atoms with Crippen molar-refractivity contribution in [2.75, 3.05) is 35.6 Å². The summed E-state index contributed by atoms with van der Waals surface area (Å²) in [4.78, 5) is 2.56. The summed E-state index contributed by atoms with van der Waals surface area (Å²) in [6.45, 7) is 2.67. The van der Waals surface area contributed by atoms with E-state index in [9.17, 15) is 8.42 Å². The Hall–Kier alpha value is -2.41. The van der Waals surface area contributed by atoms with Crippen LogP contribution in [0.15, 0.2) is 41.3 Å². The highest BCUT2D eigenvalue weighted by Gasteiger charge is 2.32. The van der Waals surface area contributed by atoms with Crippen molar-refractivity contribution in [3.63, 3.8) is 0 Å². The van der Waals surface area contributed by atoms with E-state index in [2.05, 4.69) is 17.0 Å². The van der Waals surface area contributed by atoms with Crippen molar-refractivity contribution in [2.45, 2.75) is 24.2 Å². The van der Waals surface area contributed by atoms with Crippen LogP contribution in [0.4, 0.5) is 11.4 Å². The fourth-order valence-corrected chi connectivity index (χ4v) is 5.44. The second-order valence-corrected chi connectivity index (χ2v) is 8.71. The highest BCUT2D eigenvalue weighted by Crippen LogP contribution is 2.39. The van der Waals surface area contributed by atoms with E-state index in [1.807, 2.05) is 6.07 Å². The van der Waals surface area contributed by atoms with Gasteiger partial charge in [-0.25, -0.2) is 8.42 Å². The summed E-state index contributed by atoms with van der Waals surface area (Å²) in [5.74, 6) is 1.07. The van der Waals surface area contributed by atoms with Gasteiger partial charge in [0, 0.05) is 31.4 Å². The molecule has 26 heavy (non-hydrogen) atoms. The Morgan fingerprint density at radius 3 is 2.54 bits per heavy atom. The van der Waals surface area contributed by atoms with Crippen LogP contribution in [0.3, 0.4) is 0 Å². The van der Waals surface area contributed by atoms with E-state index in [4.69, 9.17) is 9.47 Å². The average Bonchev–Trinajstić information content (AvgIpc) is 3.39. The number of anilines is 2. The normalized spacial score (nSPS) is 18.5. The Morgan fingerprint density at radius 1 is 0.885 bits per heavy atom. The quantitative estimate of drug-likeness (QED) is 0.829. The summed E-state index contributed by atoms with van der Waals surface area (Å²) in [5.41, 5.74) is 2.98. The van der Waals surface area contributed by atoms with Crippen LogP contribution in [-0.4, -0.2) is 34.8 Å². The van der Waals surface area contributed by atoms with Crippen LogP contribution in [0, 0.1) is 0 Å². The molecule has 3 aliphatic rings. The van der Waals surface area contributed by atoms with Gasteiger partial charge in [-0.2, -0.15) is 0 Å². The van der Waals surface area contributed by atoms with Crippen LogP contribution in [0.1, 0.15) is 18.4 Å². The van der Waals surface area contributed by atoms with Crippen LogP contribution in [0.25, 0.3) is 0 Å². The molecule has 136 valence electrons. The third kappa shape index (κ3) is 2.41. The smallest absolute Gasteiger partial charge is 0.264 e. The first-order valence-corrected chi connectivity index (χ1v) is 10.4. The molecule has 2 aromatic rings. The predicted octanol–water partition coefficient (Wildman–Crippen LogP) is 2.77. The van der Waals surface area contributed by atoms with Crippen molar-refractivity contribution in [3.05, 3.63) is 42.0 Å². The highest BCUT2D eigenvalue weighted by molar-refractivity contribution is 7.92. The summed E-state index contributed by atoms with van der Waals surface area (Å²) in [5, 5.41) is 0. The minimum absolute atomic E-state index is 0.130. The molecule has 0 spiro atoms. The predicted molar refractivity (Wildman–Crippen MR) is 98.7 cm³/mol. The molecule has 2 aromatic carbocycles. The molecule has 0 atom stereocenters. The number of benzene rings is 2. The zero-order valence-electron chi connectivity index (χ0n) is 14.3. The lowest BCUT2D eigenvalue weighted by Gasteiger charge is -2.23. The molecule has 0 aromatic heterocycles. The Kier molecular flexibility index (Phi) is 3.53. The van der Waals surface area contributed by atoms with E-state index >= 15 is 0 Å². The molecule has 6 nitrogen and oxygen atoms in total. The second-order valence-electron chi connectivity index (χ2n) is 6.85. The molecule has 0 amide bonds. The minimum Gasteiger partial charge on any atom is -0.454 e. The van der Waals surface area contributed by atoms with E-state index in [0.29, 0.717) is 18.0 Å². The molecule has 5 rings (SSSR count). The van der Waals surface area contributed by atoms with Gasteiger partial charge in [-0.15, -0.1) is 0 Å². The number of sulfonamides is 1. The maximum absolute atomic E-state index is 13.2. The van der Waals surface area contributed by atoms with E-state index in [0.717, 1.165) is 36.4 Å². The SMILES string of the molecule is O=S(=O)(c1ccc2c(c1)OCO2)N1CCc2ccc(N3CCCC3)cc21. The van der Waals surface area contributed by atoms with Gasteiger partial charge in [0.1, 0.15) is 0 Å². The molecular formula is C19H20N2O4S. The van der Waals surface area contributed by atoms with Crippen LogP contribution < -0.4 is 18.7 Å². The maximum Gasteiger partial charge on any atom is 0.264 e. The van der Waals surface area contributed by atoms with Crippen LogP contribution in [0.5, 0.6) is 11.5 Å². The lowest BCUT2D eigenvalue weighted by molar-refractivity contribution is 0.174. The lowest BCUT2D eigenvalue weighted by atomic mass is 10.1. The number of ether oxygens (including phenoxy) is 2. The molecule has 0 unspecified atom stereocenters. The molecule has 0 N–H and O–H groups in total. The van der Waals surface area contributed by atoms with Gasteiger partial charge in [-0.05, 0) is 49.1 Å². The fourth-order valence-electron chi connectivity index (χ4n) is 3.92. The van der Waals surface area contributed by atoms with Crippen molar-refractivity contribution in [1.29, 1.82) is 0 Å². The van der Waals surface area contributed by atoms with Gasteiger partial charge < -0.3 is 14.4 Å². The van der Waals surface area contributed by atoms with E-state index in [-0.39, 0.29) is 11.7 Å². The first-order chi connectivity index (χ1) is 12.6. The number of rotatable bonds is 3. The Morgan fingerprint density at radius 2 is 1.69 bits per heavy atom. The standard InChI is InChI=1S/C19H20N2O4S/c22-26(23,16-5-6-18-19(12-16)25-13-24-18)21-10-7-14-3-4-15(11-17(14)21)20-8-1-2-9-20/h3-6,11-12H,1-2,7-10,13H2. The molecule has 0 radical (unpaired) electrons. The summed E-state index contributed by atoms with van der Waals surface area (Å²) >= 11 is 0. The third-order valence-electron chi connectivity index (χ3n) is 5.33. The number of nitrogens with zero attached hydrogens (tertiary/aromatic N) is 2. The highest BCUT2D eigenvalue weighted by atomic mass is 32.2. The molecular weight excluding hydrogens is 352 g/mol.